The predicted molar refractivity (Wildman–Crippen MR) is 84.5 cm³/mol. The molecule has 0 aliphatic heterocycles. The van der Waals surface area contributed by atoms with Crippen LogP contribution in [0.5, 0.6) is 0 Å². The summed E-state index contributed by atoms with van der Waals surface area (Å²) in [6.45, 7) is 9.13. The average Bonchev–Trinajstić information content (AvgIpc) is 2.41. The molecule has 5 atom stereocenters. The van der Waals surface area contributed by atoms with E-state index in [1.165, 1.54) is 19.3 Å². The summed E-state index contributed by atoms with van der Waals surface area (Å²) < 4.78 is 17.4. The van der Waals surface area contributed by atoms with Crippen molar-refractivity contribution in [2.75, 3.05) is 26.9 Å². The van der Waals surface area contributed by atoms with Crippen molar-refractivity contribution in [2.45, 2.75) is 70.8 Å². The summed E-state index contributed by atoms with van der Waals surface area (Å²) in [6, 6.07) is 0.440. The van der Waals surface area contributed by atoms with E-state index in [-0.39, 0.29) is 12.2 Å². The van der Waals surface area contributed by atoms with Gasteiger partial charge >= 0.3 is 0 Å². The predicted octanol–water partition coefficient (Wildman–Crippen LogP) is 2.61. The van der Waals surface area contributed by atoms with Crippen molar-refractivity contribution in [3.63, 3.8) is 0 Å². The Balaban J connectivity index is 1.80. The molecule has 0 spiro atoms. The molecule has 0 radical (unpaired) electrons. The summed E-state index contributed by atoms with van der Waals surface area (Å²) in [5, 5.41) is 3.50. The Morgan fingerprint density at radius 1 is 1.00 bits per heavy atom. The van der Waals surface area contributed by atoms with Crippen molar-refractivity contribution in [2.24, 2.45) is 11.8 Å². The zero-order valence-corrected chi connectivity index (χ0v) is 14.1. The van der Waals surface area contributed by atoms with Gasteiger partial charge in [-0.3, -0.25) is 0 Å². The second-order valence-electron chi connectivity index (χ2n) is 6.94. The van der Waals surface area contributed by atoms with Crippen molar-refractivity contribution in [3.05, 3.63) is 0 Å². The Hall–Kier alpha value is -0.160. The number of hydrogen-bond donors (Lipinski definition) is 1. The van der Waals surface area contributed by atoms with E-state index in [2.05, 4.69) is 26.1 Å². The minimum absolute atomic E-state index is 0.188. The summed E-state index contributed by atoms with van der Waals surface area (Å²) in [5.74, 6) is 1.58. The summed E-state index contributed by atoms with van der Waals surface area (Å²) in [7, 11) is 1.71. The number of rotatable bonds is 8. The quantitative estimate of drug-likeness (QED) is 0.699. The molecule has 2 fully saturated rings. The largest absolute Gasteiger partial charge is 0.382 e. The van der Waals surface area contributed by atoms with Crippen LogP contribution in [0, 0.1) is 11.8 Å². The van der Waals surface area contributed by atoms with Gasteiger partial charge in [-0.05, 0) is 44.1 Å². The van der Waals surface area contributed by atoms with Crippen molar-refractivity contribution in [1.82, 2.24) is 5.32 Å². The van der Waals surface area contributed by atoms with Crippen LogP contribution < -0.4 is 5.32 Å². The van der Waals surface area contributed by atoms with E-state index in [0.717, 1.165) is 24.8 Å². The molecular weight excluding hydrogens is 266 g/mol. The number of methoxy groups -OCH3 is 1. The fourth-order valence-corrected chi connectivity index (χ4v) is 3.90. The topological polar surface area (TPSA) is 39.7 Å². The third-order valence-corrected chi connectivity index (χ3v) is 4.82. The average molecular weight is 299 g/mol. The first kappa shape index (κ1) is 17.2. The molecule has 0 bridgehead atoms. The highest BCUT2D eigenvalue weighted by molar-refractivity contribution is 4.98. The first-order chi connectivity index (χ1) is 10.1. The van der Waals surface area contributed by atoms with Crippen LogP contribution in [0.25, 0.3) is 0 Å². The normalized spacial score (nSPS) is 40.0. The number of nitrogens with one attached hydrogen (secondary N) is 1. The third kappa shape index (κ3) is 4.92. The Bertz CT molecular complexity index is 290. The van der Waals surface area contributed by atoms with Crippen molar-refractivity contribution in [1.29, 1.82) is 0 Å². The molecule has 4 nitrogen and oxygen atoms in total. The van der Waals surface area contributed by atoms with Crippen LogP contribution in [-0.4, -0.2) is 51.2 Å². The summed E-state index contributed by atoms with van der Waals surface area (Å²) >= 11 is 0. The van der Waals surface area contributed by atoms with E-state index in [1.54, 1.807) is 7.11 Å². The van der Waals surface area contributed by atoms with E-state index in [4.69, 9.17) is 14.2 Å². The molecule has 124 valence electrons. The van der Waals surface area contributed by atoms with Crippen LogP contribution in [0.3, 0.4) is 0 Å². The van der Waals surface area contributed by atoms with Crippen LogP contribution in [0.1, 0.15) is 46.5 Å². The lowest BCUT2D eigenvalue weighted by molar-refractivity contribution is -0.180. The first-order valence-electron chi connectivity index (χ1n) is 8.63. The lowest BCUT2D eigenvalue weighted by atomic mass is 9.80. The second-order valence-corrected chi connectivity index (χ2v) is 6.94. The smallest absolute Gasteiger partial charge is 0.0991 e. The van der Waals surface area contributed by atoms with Crippen LogP contribution in [-0.2, 0) is 14.2 Å². The Labute approximate surface area is 129 Å². The molecule has 0 aromatic carbocycles. The highest BCUT2D eigenvalue weighted by Gasteiger charge is 2.44. The van der Waals surface area contributed by atoms with Crippen molar-refractivity contribution >= 4 is 0 Å². The maximum atomic E-state index is 6.38. The summed E-state index contributed by atoms with van der Waals surface area (Å²) in [4.78, 5) is 0. The Morgan fingerprint density at radius 3 is 2.33 bits per heavy atom. The lowest BCUT2D eigenvalue weighted by Crippen LogP contribution is -2.61. The molecular formula is C17H33NO3. The minimum atomic E-state index is 0.188. The molecule has 2 rings (SSSR count). The molecule has 0 aromatic rings. The van der Waals surface area contributed by atoms with Gasteiger partial charge in [-0.25, -0.2) is 0 Å². The molecule has 21 heavy (non-hydrogen) atoms. The van der Waals surface area contributed by atoms with Gasteiger partial charge < -0.3 is 19.5 Å². The van der Waals surface area contributed by atoms with Crippen LogP contribution in [0.2, 0.25) is 0 Å². The zero-order chi connectivity index (χ0) is 15.2. The van der Waals surface area contributed by atoms with E-state index in [9.17, 15) is 0 Å². The standard InChI is InChI=1S/C17H33NO3/c1-5-18-15-11-16(17(15)20-7-6-19-4)21-14-9-12(2)8-13(3)10-14/h12-18H,5-11H2,1-4H3. The molecule has 2 aliphatic rings. The number of ether oxygens (including phenoxy) is 3. The van der Waals surface area contributed by atoms with Crippen LogP contribution in [0.15, 0.2) is 0 Å². The molecule has 2 aliphatic carbocycles. The lowest BCUT2D eigenvalue weighted by Gasteiger charge is -2.46. The van der Waals surface area contributed by atoms with E-state index >= 15 is 0 Å². The maximum absolute atomic E-state index is 6.38. The molecule has 4 heteroatoms. The molecule has 2 saturated carbocycles. The van der Waals surface area contributed by atoms with Gasteiger partial charge in [0, 0.05) is 13.2 Å². The van der Waals surface area contributed by atoms with Crippen molar-refractivity contribution < 1.29 is 14.2 Å². The van der Waals surface area contributed by atoms with Crippen molar-refractivity contribution in [3.8, 4) is 0 Å². The van der Waals surface area contributed by atoms with Gasteiger partial charge in [0.05, 0.1) is 31.5 Å². The van der Waals surface area contributed by atoms with E-state index < -0.39 is 0 Å². The van der Waals surface area contributed by atoms with Crippen LogP contribution in [0.4, 0.5) is 0 Å². The van der Waals surface area contributed by atoms with Gasteiger partial charge in [0.25, 0.3) is 0 Å². The molecule has 0 aromatic heterocycles. The van der Waals surface area contributed by atoms with Crippen LogP contribution >= 0.6 is 0 Å². The van der Waals surface area contributed by atoms with Gasteiger partial charge in [-0.1, -0.05) is 20.8 Å². The van der Waals surface area contributed by atoms with Gasteiger partial charge in [0.2, 0.25) is 0 Å². The molecule has 0 saturated heterocycles. The SMILES string of the molecule is CCNC1CC(OC2CC(C)CC(C)C2)C1OCCOC. The Kier molecular flexibility index (Phi) is 6.93. The number of hydrogen-bond acceptors (Lipinski definition) is 4. The monoisotopic (exact) mass is 299 g/mol. The minimum Gasteiger partial charge on any atom is -0.382 e. The maximum Gasteiger partial charge on any atom is 0.0991 e. The summed E-state index contributed by atoms with van der Waals surface area (Å²) in [6.07, 6.45) is 5.70. The first-order valence-corrected chi connectivity index (χ1v) is 8.63. The fraction of sp³-hybridized carbons (Fsp3) is 1.00. The van der Waals surface area contributed by atoms with E-state index in [1.807, 2.05) is 0 Å². The second kappa shape index (κ2) is 8.47. The van der Waals surface area contributed by atoms with Gasteiger partial charge in [-0.2, -0.15) is 0 Å². The van der Waals surface area contributed by atoms with Gasteiger partial charge in [-0.15, -0.1) is 0 Å². The highest BCUT2D eigenvalue weighted by Crippen LogP contribution is 2.35. The molecule has 0 amide bonds. The highest BCUT2D eigenvalue weighted by atomic mass is 16.6. The Morgan fingerprint density at radius 2 is 1.71 bits per heavy atom. The molecule has 5 unspecified atom stereocenters. The molecule has 0 heterocycles. The van der Waals surface area contributed by atoms with Gasteiger partial charge in [0.1, 0.15) is 0 Å². The van der Waals surface area contributed by atoms with Gasteiger partial charge in [0.15, 0.2) is 0 Å². The third-order valence-electron chi connectivity index (χ3n) is 4.82. The van der Waals surface area contributed by atoms with E-state index in [0.29, 0.717) is 25.4 Å². The molecule has 1 N–H and O–H groups in total. The fourth-order valence-electron chi connectivity index (χ4n) is 3.90. The number of likely N-dealkylation sites (N-methyl/N-ethyl adjacent to an activating group) is 1. The zero-order valence-electron chi connectivity index (χ0n) is 14.1. The summed E-state index contributed by atoms with van der Waals surface area (Å²) in [5.41, 5.74) is 0.